The Bertz CT molecular complexity index is 1250. The number of benzene rings is 3. The zero-order chi connectivity index (χ0) is 24.3. The van der Waals surface area contributed by atoms with Crippen molar-refractivity contribution in [3.63, 3.8) is 0 Å². The Hall–Kier alpha value is -3.07. The quantitative estimate of drug-likeness (QED) is 0.464. The van der Waals surface area contributed by atoms with Crippen LogP contribution in [0.5, 0.6) is 17.2 Å². The van der Waals surface area contributed by atoms with Gasteiger partial charge in [0.25, 0.3) is 0 Å². The van der Waals surface area contributed by atoms with Crippen molar-refractivity contribution in [2.45, 2.75) is 23.2 Å². The highest BCUT2D eigenvalue weighted by Crippen LogP contribution is 2.70. The molecular formula is C26H23BrO7. The molecule has 2 aliphatic rings. The minimum absolute atomic E-state index is 0.191. The lowest BCUT2D eigenvalue weighted by Crippen LogP contribution is -2.52. The molecule has 8 heteroatoms. The second-order valence-electron chi connectivity index (χ2n) is 8.51. The average Bonchev–Trinajstić information content (AvgIpc) is 3.22. The van der Waals surface area contributed by atoms with E-state index in [9.17, 15) is 20.1 Å². The second-order valence-corrected chi connectivity index (χ2v) is 9.43. The molecule has 0 aromatic heterocycles. The maximum Gasteiger partial charge on any atom is 0.310 e. The van der Waals surface area contributed by atoms with Crippen LogP contribution in [0.1, 0.15) is 22.6 Å². The van der Waals surface area contributed by atoms with E-state index in [2.05, 4.69) is 15.9 Å². The van der Waals surface area contributed by atoms with Crippen LogP contribution in [-0.2, 0) is 16.0 Å². The molecular weight excluding hydrogens is 504 g/mol. The van der Waals surface area contributed by atoms with Gasteiger partial charge in [0.15, 0.2) is 11.2 Å². The first-order chi connectivity index (χ1) is 16.3. The molecule has 3 N–H and O–H groups in total. The molecule has 5 rings (SSSR count). The molecule has 1 aliphatic heterocycles. The van der Waals surface area contributed by atoms with Crippen molar-refractivity contribution < 1.29 is 34.3 Å². The third kappa shape index (κ3) is 2.85. The van der Waals surface area contributed by atoms with Crippen molar-refractivity contribution in [1.29, 1.82) is 0 Å². The summed E-state index contributed by atoms with van der Waals surface area (Å²) in [6.07, 6.45) is -1.71. The number of fused-ring (bicyclic) bond motifs is 3. The van der Waals surface area contributed by atoms with E-state index in [1.54, 1.807) is 60.7 Å². The summed E-state index contributed by atoms with van der Waals surface area (Å²) in [7, 11) is 2.93. The first-order valence-corrected chi connectivity index (χ1v) is 11.5. The van der Waals surface area contributed by atoms with Gasteiger partial charge in [-0.1, -0.05) is 58.4 Å². The van der Waals surface area contributed by atoms with E-state index in [0.717, 1.165) is 4.47 Å². The standard InChI is InChI=1S/C26H23BrO7/c1-32-17-12-18(33-2)22-19(13-17)34-26(15-8-10-16(27)11-9-15)21(14-6-4-3-5-7-14)20(24(29)30)23(28)25(22,26)31/h3-13,20-21,23,28,31H,1-2H3,(H,29,30)/t20-,21-,23-,25+,26+/m0/s1. The molecule has 176 valence electrons. The normalized spacial score (nSPS) is 29.1. The molecule has 0 amide bonds. The van der Waals surface area contributed by atoms with Crippen LogP contribution in [0.2, 0.25) is 0 Å². The highest BCUT2D eigenvalue weighted by atomic mass is 79.9. The van der Waals surface area contributed by atoms with Crippen molar-refractivity contribution in [2.75, 3.05) is 14.2 Å². The number of aliphatic hydroxyl groups is 2. The van der Waals surface area contributed by atoms with Gasteiger partial charge in [-0.25, -0.2) is 0 Å². The lowest BCUT2D eigenvalue weighted by molar-refractivity contribution is -0.159. The molecule has 0 saturated heterocycles. The molecule has 0 unspecified atom stereocenters. The van der Waals surface area contributed by atoms with Gasteiger partial charge in [0.05, 0.1) is 25.7 Å². The van der Waals surface area contributed by atoms with E-state index < -0.39 is 35.1 Å². The molecule has 0 radical (unpaired) electrons. The number of carboxylic acid groups (broad SMARTS) is 1. The molecule has 1 saturated carbocycles. The zero-order valence-corrected chi connectivity index (χ0v) is 20.0. The molecule has 0 bridgehead atoms. The van der Waals surface area contributed by atoms with Gasteiger partial charge in [-0.15, -0.1) is 0 Å². The fourth-order valence-electron chi connectivity index (χ4n) is 5.64. The maximum atomic E-state index is 12.6. The predicted molar refractivity (Wildman–Crippen MR) is 126 cm³/mol. The van der Waals surface area contributed by atoms with Crippen LogP contribution in [0.4, 0.5) is 0 Å². The number of ether oxygens (including phenoxy) is 3. The molecule has 3 aromatic rings. The predicted octanol–water partition coefficient (Wildman–Crippen LogP) is 3.80. The number of carbonyl (C=O) groups is 1. The van der Waals surface area contributed by atoms with Crippen molar-refractivity contribution in [3.8, 4) is 17.2 Å². The van der Waals surface area contributed by atoms with Crippen molar-refractivity contribution >= 4 is 21.9 Å². The fraction of sp³-hybridized carbons (Fsp3) is 0.269. The molecule has 5 atom stereocenters. The molecule has 1 heterocycles. The van der Waals surface area contributed by atoms with Crippen LogP contribution in [-0.4, -0.2) is 41.6 Å². The zero-order valence-electron chi connectivity index (χ0n) is 18.4. The molecule has 1 fully saturated rings. The summed E-state index contributed by atoms with van der Waals surface area (Å²) < 4.78 is 18.4. The van der Waals surface area contributed by atoms with E-state index in [4.69, 9.17) is 14.2 Å². The van der Waals surface area contributed by atoms with Crippen molar-refractivity contribution in [2.24, 2.45) is 5.92 Å². The number of hydrogen-bond donors (Lipinski definition) is 3. The van der Waals surface area contributed by atoms with E-state index in [-0.39, 0.29) is 17.1 Å². The van der Waals surface area contributed by atoms with Gasteiger partial charge in [-0.2, -0.15) is 0 Å². The van der Waals surface area contributed by atoms with Crippen LogP contribution in [0.25, 0.3) is 0 Å². The third-order valence-electron chi connectivity index (χ3n) is 7.00. The SMILES string of the molecule is COc1cc(OC)c2c(c1)O[C@]1(c3ccc(Br)cc3)[C@@H](c3ccccc3)[C@H](C(=O)O)[C@H](O)[C@]21O. The van der Waals surface area contributed by atoms with Crippen LogP contribution in [0.3, 0.4) is 0 Å². The fourth-order valence-corrected chi connectivity index (χ4v) is 5.90. The topological polar surface area (TPSA) is 105 Å². The Kier molecular flexibility index (Phi) is 5.35. The highest BCUT2D eigenvalue weighted by Gasteiger charge is 2.78. The molecule has 7 nitrogen and oxygen atoms in total. The summed E-state index contributed by atoms with van der Waals surface area (Å²) in [6.45, 7) is 0. The van der Waals surface area contributed by atoms with Gasteiger partial charge in [0.1, 0.15) is 23.4 Å². The molecule has 34 heavy (non-hydrogen) atoms. The largest absolute Gasteiger partial charge is 0.496 e. The Balaban J connectivity index is 1.89. The van der Waals surface area contributed by atoms with E-state index in [1.807, 2.05) is 6.07 Å². The van der Waals surface area contributed by atoms with Crippen LogP contribution in [0, 0.1) is 5.92 Å². The Morgan fingerprint density at radius 2 is 1.71 bits per heavy atom. The molecule has 0 spiro atoms. The van der Waals surface area contributed by atoms with Gasteiger partial charge >= 0.3 is 5.97 Å². The number of methoxy groups -OCH3 is 2. The van der Waals surface area contributed by atoms with E-state index in [0.29, 0.717) is 16.9 Å². The smallest absolute Gasteiger partial charge is 0.310 e. The summed E-state index contributed by atoms with van der Waals surface area (Å²) in [5.41, 5.74) is -2.48. The maximum absolute atomic E-state index is 12.6. The van der Waals surface area contributed by atoms with Crippen molar-refractivity contribution in [1.82, 2.24) is 0 Å². The minimum atomic E-state index is -2.14. The van der Waals surface area contributed by atoms with Gasteiger partial charge in [-0.05, 0) is 23.3 Å². The van der Waals surface area contributed by atoms with Crippen molar-refractivity contribution in [3.05, 3.63) is 87.9 Å². The van der Waals surface area contributed by atoms with Gasteiger partial charge in [-0.3, -0.25) is 4.79 Å². The summed E-state index contributed by atoms with van der Waals surface area (Å²) in [6, 6.07) is 19.3. The number of hydrogen-bond acceptors (Lipinski definition) is 6. The number of rotatable bonds is 5. The number of halogens is 1. The number of aliphatic hydroxyl groups excluding tert-OH is 1. The first kappa shape index (κ1) is 22.7. The first-order valence-electron chi connectivity index (χ1n) is 10.7. The van der Waals surface area contributed by atoms with Gasteiger partial charge in [0, 0.05) is 22.5 Å². The van der Waals surface area contributed by atoms with Crippen LogP contribution >= 0.6 is 15.9 Å². The second kappa shape index (κ2) is 8.01. The lowest BCUT2D eigenvalue weighted by atomic mass is 9.70. The van der Waals surface area contributed by atoms with E-state index >= 15 is 0 Å². The number of aliphatic carboxylic acids is 1. The molecule has 1 aliphatic carbocycles. The Morgan fingerprint density at radius 1 is 1.03 bits per heavy atom. The highest BCUT2D eigenvalue weighted by molar-refractivity contribution is 9.10. The van der Waals surface area contributed by atoms with Gasteiger partial charge < -0.3 is 29.5 Å². The summed E-state index contributed by atoms with van der Waals surface area (Å²) in [4.78, 5) is 12.6. The average molecular weight is 527 g/mol. The lowest BCUT2D eigenvalue weighted by Gasteiger charge is -2.40. The van der Waals surface area contributed by atoms with Gasteiger partial charge in [0.2, 0.25) is 0 Å². The van der Waals surface area contributed by atoms with Crippen LogP contribution in [0.15, 0.2) is 71.2 Å². The molecule has 3 aromatic carbocycles. The Morgan fingerprint density at radius 3 is 2.29 bits per heavy atom. The summed E-state index contributed by atoms with van der Waals surface area (Å²) in [5.74, 6) is -2.62. The Labute approximate surface area is 204 Å². The number of carboxylic acids is 1. The van der Waals surface area contributed by atoms with Crippen LogP contribution < -0.4 is 14.2 Å². The monoisotopic (exact) mass is 526 g/mol. The van der Waals surface area contributed by atoms with E-state index in [1.165, 1.54) is 14.2 Å². The minimum Gasteiger partial charge on any atom is -0.496 e. The third-order valence-corrected chi connectivity index (χ3v) is 7.52. The summed E-state index contributed by atoms with van der Waals surface area (Å²) >= 11 is 3.43. The summed E-state index contributed by atoms with van der Waals surface area (Å²) in [5, 5.41) is 34.3.